The zero-order chi connectivity index (χ0) is 7.11. The van der Waals surface area contributed by atoms with Gasteiger partial charge >= 0.3 is 11.7 Å². The van der Waals surface area contributed by atoms with E-state index in [1.807, 2.05) is 6.92 Å². The normalized spacial score (nSPS) is 10.7. The smallest absolute Gasteiger partial charge is 0.112 e. The predicted octanol–water partition coefficient (Wildman–Crippen LogP) is 1.07. The van der Waals surface area contributed by atoms with Crippen LogP contribution in [0.3, 0.4) is 0 Å². The highest BCUT2D eigenvalue weighted by molar-refractivity contribution is 7.82. The largest absolute Gasteiger partial charge is 0.507 e. The first-order valence-corrected chi connectivity index (χ1v) is 3.81. The van der Waals surface area contributed by atoms with E-state index in [0.29, 0.717) is 6.61 Å². The molecule has 56 valence electrons. The lowest BCUT2D eigenvalue weighted by Crippen LogP contribution is -2.10. The fourth-order valence-corrected chi connectivity index (χ4v) is 0.947. The van der Waals surface area contributed by atoms with Gasteiger partial charge in [0.05, 0.1) is 14.2 Å². The van der Waals surface area contributed by atoms with Crippen molar-refractivity contribution in [2.24, 2.45) is 0 Å². The molecular weight excluding hydrogens is 140 g/mol. The molecule has 0 bridgehead atoms. The van der Waals surface area contributed by atoms with Crippen molar-refractivity contribution in [1.82, 2.24) is 0 Å². The maximum Gasteiger partial charge on any atom is 0.507 e. The minimum Gasteiger partial charge on any atom is -0.112 e. The molecule has 0 aromatic carbocycles. The third kappa shape index (κ3) is 4.72. The van der Waals surface area contributed by atoms with Gasteiger partial charge in [0, 0.05) is 0 Å². The lowest BCUT2D eigenvalue weighted by Gasteiger charge is -1.93. The Balaban J connectivity index is 3.09. The number of rotatable bonds is 5. The standard InChI is InChI=1S/C5H13O3S/c1-4-5-8-9(6-2)7-3/h4-5H2,1-3H3/q+1. The van der Waals surface area contributed by atoms with Gasteiger partial charge in [0.1, 0.15) is 6.61 Å². The lowest BCUT2D eigenvalue weighted by molar-refractivity contribution is 0.227. The van der Waals surface area contributed by atoms with Crippen molar-refractivity contribution >= 4 is 11.7 Å². The Hall–Kier alpha value is 0.230. The van der Waals surface area contributed by atoms with Crippen LogP contribution in [0.25, 0.3) is 0 Å². The Kier molecular flexibility index (Phi) is 6.51. The summed E-state index contributed by atoms with van der Waals surface area (Å²) in [7, 11) is 3.12. The Morgan fingerprint density at radius 1 is 1.22 bits per heavy atom. The SMILES string of the molecule is CCCO[S+](OC)OC. The molecule has 0 heterocycles. The first-order chi connectivity index (χ1) is 4.35. The maximum atomic E-state index is 5.07. The number of hydrogen-bond acceptors (Lipinski definition) is 3. The molecule has 0 atom stereocenters. The second-order valence-corrected chi connectivity index (χ2v) is 2.67. The molecule has 0 amide bonds. The summed E-state index contributed by atoms with van der Waals surface area (Å²) in [5, 5.41) is 0. The third-order valence-corrected chi connectivity index (χ3v) is 1.56. The van der Waals surface area contributed by atoms with Crippen molar-refractivity contribution in [3.63, 3.8) is 0 Å². The van der Waals surface area contributed by atoms with Gasteiger partial charge in [-0.2, -0.15) is 0 Å². The highest BCUT2D eigenvalue weighted by atomic mass is 32.3. The van der Waals surface area contributed by atoms with Crippen molar-refractivity contribution in [1.29, 1.82) is 0 Å². The molecule has 0 saturated heterocycles. The molecule has 0 aromatic heterocycles. The zero-order valence-electron chi connectivity index (χ0n) is 6.05. The minimum absolute atomic E-state index is 0.685. The molecule has 0 aromatic rings. The topological polar surface area (TPSA) is 27.7 Å². The molecule has 3 nitrogen and oxygen atoms in total. The van der Waals surface area contributed by atoms with Crippen LogP contribution >= 0.6 is 0 Å². The van der Waals surface area contributed by atoms with E-state index in [-0.39, 0.29) is 0 Å². The second kappa shape index (κ2) is 6.35. The van der Waals surface area contributed by atoms with Crippen LogP contribution < -0.4 is 0 Å². The molecule has 0 aliphatic carbocycles. The summed E-state index contributed by atoms with van der Waals surface area (Å²) in [4.78, 5) is 0. The van der Waals surface area contributed by atoms with Crippen molar-refractivity contribution in [3.05, 3.63) is 0 Å². The van der Waals surface area contributed by atoms with Gasteiger partial charge in [0.15, 0.2) is 0 Å². The Morgan fingerprint density at radius 3 is 2.11 bits per heavy atom. The molecule has 0 radical (unpaired) electrons. The molecule has 0 saturated carbocycles. The number of hydrogen-bond donors (Lipinski definition) is 0. The third-order valence-electron chi connectivity index (χ3n) is 0.656. The highest BCUT2D eigenvalue weighted by Crippen LogP contribution is 1.99. The summed E-state index contributed by atoms with van der Waals surface area (Å²) < 4.78 is 14.6. The fourth-order valence-electron chi connectivity index (χ4n) is 0.316. The first-order valence-electron chi connectivity index (χ1n) is 2.81. The van der Waals surface area contributed by atoms with Crippen LogP contribution in [-0.4, -0.2) is 20.8 Å². The van der Waals surface area contributed by atoms with Crippen molar-refractivity contribution in [3.8, 4) is 0 Å². The second-order valence-electron chi connectivity index (χ2n) is 1.36. The maximum absolute atomic E-state index is 5.07. The summed E-state index contributed by atoms with van der Waals surface area (Å²) in [6, 6.07) is 0. The van der Waals surface area contributed by atoms with E-state index in [9.17, 15) is 0 Å². The van der Waals surface area contributed by atoms with Gasteiger partial charge in [-0.1, -0.05) is 6.92 Å². The molecule has 0 rings (SSSR count). The van der Waals surface area contributed by atoms with Gasteiger partial charge in [-0.25, -0.2) is 0 Å². The van der Waals surface area contributed by atoms with E-state index in [4.69, 9.17) is 12.5 Å². The molecule has 0 aliphatic heterocycles. The molecule has 0 fully saturated rings. The van der Waals surface area contributed by atoms with E-state index in [1.165, 1.54) is 0 Å². The summed E-state index contributed by atoms with van der Waals surface area (Å²) >= 11 is -0.738. The molecular formula is C5H13O3S+. The van der Waals surface area contributed by atoms with Gasteiger partial charge in [-0.05, 0) is 6.42 Å². The lowest BCUT2D eigenvalue weighted by atomic mass is 10.5. The highest BCUT2D eigenvalue weighted by Gasteiger charge is 2.20. The molecule has 0 N–H and O–H groups in total. The zero-order valence-corrected chi connectivity index (χ0v) is 6.86. The minimum atomic E-state index is -0.738. The summed E-state index contributed by atoms with van der Waals surface area (Å²) in [5.74, 6) is 0. The summed E-state index contributed by atoms with van der Waals surface area (Å²) in [5.41, 5.74) is 0. The average Bonchev–Trinajstić information content (AvgIpc) is 1.91. The van der Waals surface area contributed by atoms with Gasteiger partial charge in [-0.15, -0.1) is 12.5 Å². The Labute approximate surface area is 59.3 Å². The van der Waals surface area contributed by atoms with Crippen molar-refractivity contribution in [2.75, 3.05) is 20.8 Å². The fraction of sp³-hybridized carbons (Fsp3) is 1.00. The van der Waals surface area contributed by atoms with E-state index in [1.54, 1.807) is 14.2 Å². The Morgan fingerprint density at radius 2 is 1.78 bits per heavy atom. The van der Waals surface area contributed by atoms with Crippen molar-refractivity contribution in [2.45, 2.75) is 13.3 Å². The van der Waals surface area contributed by atoms with Crippen LogP contribution in [-0.2, 0) is 24.3 Å². The monoisotopic (exact) mass is 153 g/mol. The van der Waals surface area contributed by atoms with Crippen LogP contribution in [0, 0.1) is 0 Å². The van der Waals surface area contributed by atoms with Crippen LogP contribution in [0.4, 0.5) is 0 Å². The van der Waals surface area contributed by atoms with Gasteiger partial charge < -0.3 is 0 Å². The van der Waals surface area contributed by atoms with Crippen LogP contribution in [0.2, 0.25) is 0 Å². The van der Waals surface area contributed by atoms with E-state index < -0.39 is 11.7 Å². The summed E-state index contributed by atoms with van der Waals surface area (Å²) in [6.45, 7) is 2.72. The predicted molar refractivity (Wildman–Crippen MR) is 37.6 cm³/mol. The van der Waals surface area contributed by atoms with Gasteiger partial charge in [0.2, 0.25) is 0 Å². The molecule has 4 heteroatoms. The van der Waals surface area contributed by atoms with Gasteiger partial charge in [-0.3, -0.25) is 0 Å². The summed E-state index contributed by atoms with van der Waals surface area (Å²) in [6.07, 6.45) is 0.982. The molecule has 0 unspecified atom stereocenters. The van der Waals surface area contributed by atoms with E-state index >= 15 is 0 Å². The van der Waals surface area contributed by atoms with Crippen LogP contribution in [0.1, 0.15) is 13.3 Å². The quantitative estimate of drug-likeness (QED) is 0.553. The molecule has 9 heavy (non-hydrogen) atoms. The molecule has 0 aliphatic rings. The van der Waals surface area contributed by atoms with Gasteiger partial charge in [0.25, 0.3) is 0 Å². The van der Waals surface area contributed by atoms with Crippen molar-refractivity contribution < 1.29 is 12.5 Å². The Bertz CT molecular complexity index is 56.2. The van der Waals surface area contributed by atoms with E-state index in [0.717, 1.165) is 6.42 Å². The van der Waals surface area contributed by atoms with Crippen LogP contribution in [0.5, 0.6) is 0 Å². The van der Waals surface area contributed by atoms with Crippen LogP contribution in [0.15, 0.2) is 0 Å². The first kappa shape index (κ1) is 9.23. The average molecular weight is 153 g/mol. The molecule has 0 spiro atoms. The van der Waals surface area contributed by atoms with E-state index in [2.05, 4.69) is 0 Å².